The van der Waals surface area contributed by atoms with Crippen molar-refractivity contribution >= 4 is 28.5 Å². The average molecular weight is 532 g/mol. The number of unbranched alkanes of at least 4 members (excludes halogenated alkanes) is 1. The number of nitrogens with zero attached hydrogens (tertiary/aromatic N) is 1. The molecule has 0 saturated carbocycles. The average Bonchev–Trinajstić information content (AvgIpc) is 3.18. The molecule has 4 aromatic rings. The number of ether oxygens (including phenoxy) is 2. The number of fused-ring (bicyclic) bond motifs is 2. The number of amides is 1. The molecule has 0 saturated heterocycles. The zero-order chi connectivity index (χ0) is 26.8. The molecular weight excluding hydrogens is 502 g/mol. The van der Waals surface area contributed by atoms with E-state index in [1.807, 2.05) is 62.4 Å². The lowest BCUT2D eigenvalue weighted by molar-refractivity contribution is 0.0714. The van der Waals surface area contributed by atoms with Gasteiger partial charge in [0.25, 0.3) is 5.91 Å². The van der Waals surface area contributed by atoms with Crippen LogP contribution in [0.1, 0.15) is 65.5 Å². The van der Waals surface area contributed by atoms with Crippen LogP contribution in [0.4, 0.5) is 0 Å². The van der Waals surface area contributed by atoms with E-state index in [4.69, 9.17) is 25.5 Å². The summed E-state index contributed by atoms with van der Waals surface area (Å²) in [5.41, 5.74) is 2.84. The van der Waals surface area contributed by atoms with E-state index in [1.54, 1.807) is 17.0 Å². The number of hydrogen-bond donors (Lipinski definition) is 0. The molecule has 0 spiro atoms. The summed E-state index contributed by atoms with van der Waals surface area (Å²) in [6, 6.07) is 18.0. The number of aryl methyl sites for hydroxylation is 1. The van der Waals surface area contributed by atoms with Gasteiger partial charge < -0.3 is 18.8 Å². The van der Waals surface area contributed by atoms with Crippen molar-refractivity contribution in [3.8, 4) is 11.5 Å². The van der Waals surface area contributed by atoms with Crippen LogP contribution in [0.15, 0.2) is 69.9 Å². The van der Waals surface area contributed by atoms with E-state index < -0.39 is 6.04 Å². The molecule has 1 aliphatic rings. The van der Waals surface area contributed by atoms with Gasteiger partial charge in [0.15, 0.2) is 16.9 Å². The molecule has 1 aliphatic heterocycles. The molecule has 0 N–H and O–H groups in total. The van der Waals surface area contributed by atoms with Crippen molar-refractivity contribution in [1.29, 1.82) is 0 Å². The predicted octanol–water partition coefficient (Wildman–Crippen LogP) is 7.08. The largest absolute Gasteiger partial charge is 0.490 e. The summed E-state index contributed by atoms with van der Waals surface area (Å²) in [5.74, 6) is 0.939. The van der Waals surface area contributed by atoms with Gasteiger partial charge in [0, 0.05) is 11.6 Å². The Morgan fingerprint density at radius 2 is 1.76 bits per heavy atom. The van der Waals surface area contributed by atoms with Crippen molar-refractivity contribution in [2.24, 2.45) is 0 Å². The van der Waals surface area contributed by atoms with Crippen LogP contribution in [-0.4, -0.2) is 24.0 Å². The Bertz CT molecular complexity index is 1550. The van der Waals surface area contributed by atoms with E-state index in [1.165, 1.54) is 0 Å². The van der Waals surface area contributed by atoms with Gasteiger partial charge in [-0.25, -0.2) is 0 Å². The highest BCUT2D eigenvalue weighted by Crippen LogP contribution is 2.42. The Kier molecular flexibility index (Phi) is 7.43. The van der Waals surface area contributed by atoms with Gasteiger partial charge in [-0.15, -0.1) is 0 Å². The SMILES string of the molecule is CCCCOc1ccc(C2c3c(oc4cc(C)c(Cl)cc4c3=O)C(=O)N2Cc2ccccc2)cc1OCC. The van der Waals surface area contributed by atoms with Gasteiger partial charge >= 0.3 is 0 Å². The number of hydrogen-bond acceptors (Lipinski definition) is 5. The standard InChI is InChI=1S/C31H30ClNO5/c1-4-6-14-37-24-13-12-21(16-26(24)36-5-2)28-27-29(34)22-17-23(32)19(3)15-25(22)38-30(27)31(35)33(28)18-20-10-8-7-9-11-20/h7-13,15-17,28H,4-6,14,18H2,1-3H3. The summed E-state index contributed by atoms with van der Waals surface area (Å²) >= 11 is 6.37. The summed E-state index contributed by atoms with van der Waals surface area (Å²) in [4.78, 5) is 29.4. The smallest absolute Gasteiger partial charge is 0.291 e. The Hall–Kier alpha value is -3.77. The minimum Gasteiger partial charge on any atom is -0.490 e. The summed E-state index contributed by atoms with van der Waals surface area (Å²) in [6.07, 6.45) is 1.95. The maximum absolute atomic E-state index is 13.9. The molecule has 196 valence electrons. The van der Waals surface area contributed by atoms with Crippen LogP contribution in [0.25, 0.3) is 11.0 Å². The molecule has 38 heavy (non-hydrogen) atoms. The van der Waals surface area contributed by atoms with Gasteiger partial charge in [-0.1, -0.05) is 61.3 Å². The first-order chi connectivity index (χ1) is 18.4. The third-order valence-electron chi connectivity index (χ3n) is 6.78. The van der Waals surface area contributed by atoms with Crippen molar-refractivity contribution in [2.75, 3.05) is 13.2 Å². The van der Waals surface area contributed by atoms with Crippen LogP contribution in [0.3, 0.4) is 0 Å². The van der Waals surface area contributed by atoms with Crippen molar-refractivity contribution in [1.82, 2.24) is 4.90 Å². The number of carbonyl (C=O) groups excluding carboxylic acids is 1. The fraction of sp³-hybridized carbons (Fsp3) is 0.290. The van der Waals surface area contributed by atoms with E-state index in [0.29, 0.717) is 52.8 Å². The number of benzene rings is 3. The van der Waals surface area contributed by atoms with Crippen molar-refractivity contribution in [2.45, 2.75) is 46.2 Å². The second kappa shape index (κ2) is 10.9. The van der Waals surface area contributed by atoms with Crippen LogP contribution in [-0.2, 0) is 6.54 Å². The van der Waals surface area contributed by atoms with E-state index in [9.17, 15) is 9.59 Å². The fourth-order valence-corrected chi connectivity index (χ4v) is 5.00. The molecule has 1 atom stereocenters. The molecule has 0 aliphatic carbocycles. The third kappa shape index (κ3) is 4.76. The van der Waals surface area contributed by atoms with E-state index in [2.05, 4.69) is 6.92 Å². The Balaban J connectivity index is 1.68. The molecule has 1 aromatic heterocycles. The lowest BCUT2D eigenvalue weighted by Crippen LogP contribution is -2.29. The second-order valence-corrected chi connectivity index (χ2v) is 9.84. The molecule has 1 amide bonds. The topological polar surface area (TPSA) is 69.0 Å². The van der Waals surface area contributed by atoms with Crippen molar-refractivity contribution in [3.63, 3.8) is 0 Å². The highest BCUT2D eigenvalue weighted by atomic mass is 35.5. The van der Waals surface area contributed by atoms with Crippen LogP contribution in [0.5, 0.6) is 11.5 Å². The molecular formula is C31H30ClNO5. The minimum absolute atomic E-state index is 0.0615. The molecule has 0 radical (unpaired) electrons. The lowest BCUT2D eigenvalue weighted by atomic mass is 9.97. The number of rotatable bonds is 9. The van der Waals surface area contributed by atoms with Crippen molar-refractivity contribution < 1.29 is 18.7 Å². The normalized spacial score (nSPS) is 14.7. The second-order valence-electron chi connectivity index (χ2n) is 9.43. The van der Waals surface area contributed by atoms with Gasteiger partial charge in [-0.3, -0.25) is 9.59 Å². The van der Waals surface area contributed by atoms with E-state index in [-0.39, 0.29) is 17.1 Å². The zero-order valence-electron chi connectivity index (χ0n) is 21.8. The van der Waals surface area contributed by atoms with Gasteiger partial charge in [-0.2, -0.15) is 0 Å². The number of halogens is 1. The maximum atomic E-state index is 13.9. The molecule has 5 rings (SSSR count). The summed E-state index contributed by atoms with van der Waals surface area (Å²) in [6.45, 7) is 7.19. The fourth-order valence-electron chi connectivity index (χ4n) is 4.84. The first kappa shape index (κ1) is 25.9. The van der Waals surface area contributed by atoms with Crippen molar-refractivity contribution in [3.05, 3.63) is 104 Å². The molecule has 0 fully saturated rings. The molecule has 0 bridgehead atoms. The maximum Gasteiger partial charge on any atom is 0.291 e. The zero-order valence-corrected chi connectivity index (χ0v) is 22.5. The summed E-state index contributed by atoms with van der Waals surface area (Å²) in [5, 5.41) is 0.822. The summed E-state index contributed by atoms with van der Waals surface area (Å²) in [7, 11) is 0. The van der Waals surface area contributed by atoms with Gasteiger partial charge in [0.2, 0.25) is 5.76 Å². The summed E-state index contributed by atoms with van der Waals surface area (Å²) < 4.78 is 18.0. The van der Waals surface area contributed by atoms with Gasteiger partial charge in [0.05, 0.1) is 30.2 Å². The Morgan fingerprint density at radius 1 is 0.974 bits per heavy atom. The Labute approximate surface area is 226 Å². The minimum atomic E-state index is -0.665. The molecule has 7 heteroatoms. The Morgan fingerprint density at radius 3 is 2.50 bits per heavy atom. The third-order valence-corrected chi connectivity index (χ3v) is 7.19. The van der Waals surface area contributed by atoms with Crippen LogP contribution < -0.4 is 14.9 Å². The molecule has 1 unspecified atom stereocenters. The monoisotopic (exact) mass is 531 g/mol. The van der Waals surface area contributed by atoms with Gasteiger partial charge in [0.1, 0.15) is 5.58 Å². The van der Waals surface area contributed by atoms with Crippen LogP contribution in [0.2, 0.25) is 5.02 Å². The van der Waals surface area contributed by atoms with Crippen LogP contribution >= 0.6 is 11.6 Å². The molecule has 3 aromatic carbocycles. The quantitative estimate of drug-likeness (QED) is 0.216. The van der Waals surface area contributed by atoms with Gasteiger partial charge in [-0.05, 0) is 61.2 Å². The van der Waals surface area contributed by atoms with E-state index >= 15 is 0 Å². The highest BCUT2D eigenvalue weighted by Gasteiger charge is 2.43. The molecule has 2 heterocycles. The predicted molar refractivity (Wildman–Crippen MR) is 148 cm³/mol. The first-order valence-electron chi connectivity index (χ1n) is 12.9. The number of carbonyl (C=O) groups is 1. The highest BCUT2D eigenvalue weighted by molar-refractivity contribution is 6.32. The lowest BCUT2D eigenvalue weighted by Gasteiger charge is -2.26. The first-order valence-corrected chi connectivity index (χ1v) is 13.3. The van der Waals surface area contributed by atoms with E-state index in [0.717, 1.165) is 29.5 Å². The molecule has 6 nitrogen and oxygen atoms in total. The van der Waals surface area contributed by atoms with Crippen LogP contribution in [0, 0.1) is 6.92 Å².